The Hall–Kier alpha value is -0.0138. The summed E-state index contributed by atoms with van der Waals surface area (Å²) < 4.78 is 0. The van der Waals surface area contributed by atoms with Gasteiger partial charge in [0.15, 0.2) is 0 Å². The van der Waals surface area contributed by atoms with Crippen LogP contribution in [0.15, 0.2) is 24.3 Å². The summed E-state index contributed by atoms with van der Waals surface area (Å²) in [6.07, 6.45) is 17.4. The molecule has 0 aromatic heterocycles. The van der Waals surface area contributed by atoms with Crippen LogP contribution in [0.5, 0.6) is 0 Å². The Balaban J connectivity index is 0. The summed E-state index contributed by atoms with van der Waals surface area (Å²) in [5.41, 5.74) is 1.36. The Kier molecular flexibility index (Phi) is 24.1. The van der Waals surface area contributed by atoms with Crippen molar-refractivity contribution in [3.8, 4) is 0 Å². The van der Waals surface area contributed by atoms with Crippen LogP contribution in [0.4, 0.5) is 0 Å². The number of unbranched alkanes of at least 4 members (excludes halogenated alkanes) is 10. The van der Waals surface area contributed by atoms with Gasteiger partial charge in [0.1, 0.15) is 0 Å². The van der Waals surface area contributed by atoms with Crippen molar-refractivity contribution in [1.29, 1.82) is 0 Å². The number of hydrogen-bond acceptors (Lipinski definition) is 0. The summed E-state index contributed by atoms with van der Waals surface area (Å²) in [7, 11) is 0. The molecule has 0 nitrogen and oxygen atoms in total. The molecule has 0 fully saturated rings. The molecule has 0 aliphatic rings. The molecule has 0 amide bonds. The van der Waals surface area contributed by atoms with Gasteiger partial charge in [-0.15, -0.1) is 0 Å². The molecule has 0 aliphatic carbocycles. The van der Waals surface area contributed by atoms with Gasteiger partial charge >= 0.3 is 23.1 Å². The van der Waals surface area contributed by atoms with Crippen molar-refractivity contribution in [2.75, 3.05) is 0 Å². The van der Waals surface area contributed by atoms with Gasteiger partial charge in [-0.05, 0) is 0 Å². The second kappa shape index (κ2) is 22.0. The third-order valence-corrected chi connectivity index (χ3v) is 3.93. The third kappa shape index (κ3) is 19.9. The zero-order chi connectivity index (χ0) is 16.3. The van der Waals surface area contributed by atoms with Crippen LogP contribution in [0.3, 0.4) is 0 Å². The molecule has 0 aliphatic heterocycles. The third-order valence-electron chi connectivity index (χ3n) is 3.93. The van der Waals surface area contributed by atoms with Crippen LogP contribution < -0.4 is 0 Å². The largest absolute Gasteiger partial charge is 2.00 e. The summed E-state index contributed by atoms with van der Waals surface area (Å²) in [6, 6.07) is 11.6. The second-order valence-electron chi connectivity index (χ2n) is 6.17. The molecule has 0 N–H and O–H groups in total. The SMILES string of the molecule is CCCCCCCCc1[c-]cccc1.[CH2-]CCCCCCC.[Mg+2]. The van der Waals surface area contributed by atoms with Crippen LogP contribution in [0.2, 0.25) is 0 Å². The van der Waals surface area contributed by atoms with Gasteiger partial charge in [-0.25, -0.2) is 0 Å². The van der Waals surface area contributed by atoms with Gasteiger partial charge in [0.2, 0.25) is 0 Å². The number of hydrogen-bond donors (Lipinski definition) is 0. The molecule has 0 unspecified atom stereocenters. The molecule has 23 heavy (non-hydrogen) atoms. The molecule has 0 spiro atoms. The maximum atomic E-state index is 3.78. The Labute approximate surface area is 163 Å². The molecule has 1 aromatic carbocycles. The van der Waals surface area contributed by atoms with Gasteiger partial charge in [0.25, 0.3) is 0 Å². The average molecular weight is 327 g/mol. The minimum absolute atomic E-state index is 0. The van der Waals surface area contributed by atoms with E-state index in [1.54, 1.807) is 0 Å². The zero-order valence-corrected chi connectivity index (χ0v) is 17.3. The van der Waals surface area contributed by atoms with Crippen molar-refractivity contribution >= 4 is 23.1 Å². The Morgan fingerprint density at radius 1 is 0.783 bits per heavy atom. The Morgan fingerprint density at radius 3 is 1.87 bits per heavy atom. The van der Waals surface area contributed by atoms with Crippen LogP contribution in [0.25, 0.3) is 0 Å². The van der Waals surface area contributed by atoms with E-state index in [2.05, 4.69) is 39.0 Å². The van der Waals surface area contributed by atoms with E-state index in [1.807, 2.05) is 12.1 Å². The number of rotatable bonds is 12. The second-order valence-corrected chi connectivity index (χ2v) is 6.17. The van der Waals surface area contributed by atoms with Crippen LogP contribution in [0.1, 0.15) is 96.5 Å². The van der Waals surface area contributed by atoms with Crippen molar-refractivity contribution in [3.05, 3.63) is 42.8 Å². The average Bonchev–Trinajstić information content (AvgIpc) is 2.56. The first-order valence-electron chi connectivity index (χ1n) is 9.60. The molecule has 0 saturated heterocycles. The predicted octanol–water partition coefficient (Wildman–Crippen LogP) is 7.19. The molecule has 0 heterocycles. The van der Waals surface area contributed by atoms with Crippen LogP contribution in [0, 0.1) is 13.0 Å². The summed E-state index contributed by atoms with van der Waals surface area (Å²) in [5.74, 6) is 0. The van der Waals surface area contributed by atoms with Gasteiger partial charge in [0.05, 0.1) is 0 Å². The maximum absolute atomic E-state index is 3.78. The molecule has 0 atom stereocenters. The number of aryl methyl sites for hydroxylation is 1. The van der Waals surface area contributed by atoms with E-state index in [9.17, 15) is 0 Å². The first kappa shape index (κ1) is 25.2. The fourth-order valence-corrected chi connectivity index (χ4v) is 2.46. The van der Waals surface area contributed by atoms with Gasteiger partial charge in [0, 0.05) is 0 Å². The van der Waals surface area contributed by atoms with E-state index in [1.165, 1.54) is 82.6 Å². The first-order valence-corrected chi connectivity index (χ1v) is 9.60. The van der Waals surface area contributed by atoms with Crippen LogP contribution >= 0.6 is 0 Å². The summed E-state index contributed by atoms with van der Waals surface area (Å²) in [6.45, 7) is 8.29. The van der Waals surface area contributed by atoms with Crippen LogP contribution in [-0.4, -0.2) is 23.1 Å². The minimum Gasteiger partial charge on any atom is -0.343 e. The van der Waals surface area contributed by atoms with Gasteiger partial charge in [-0.3, -0.25) is 0 Å². The minimum atomic E-state index is 0. The Bertz CT molecular complexity index is 288. The maximum Gasteiger partial charge on any atom is 2.00 e. The quantitative estimate of drug-likeness (QED) is 0.216. The molecule has 1 rings (SSSR count). The number of benzene rings is 1. The smallest absolute Gasteiger partial charge is 0.343 e. The van der Waals surface area contributed by atoms with Gasteiger partial charge in [-0.1, -0.05) is 90.9 Å². The van der Waals surface area contributed by atoms with Crippen molar-refractivity contribution in [1.82, 2.24) is 0 Å². The van der Waals surface area contributed by atoms with Crippen molar-refractivity contribution in [2.24, 2.45) is 0 Å². The van der Waals surface area contributed by atoms with Crippen molar-refractivity contribution in [3.63, 3.8) is 0 Å². The van der Waals surface area contributed by atoms with E-state index in [0.29, 0.717) is 0 Å². The van der Waals surface area contributed by atoms with Crippen LogP contribution in [-0.2, 0) is 6.42 Å². The van der Waals surface area contributed by atoms with Gasteiger partial charge in [-0.2, -0.15) is 42.3 Å². The van der Waals surface area contributed by atoms with Crippen molar-refractivity contribution < 1.29 is 0 Å². The van der Waals surface area contributed by atoms with E-state index >= 15 is 0 Å². The molecule has 1 heteroatoms. The summed E-state index contributed by atoms with van der Waals surface area (Å²) >= 11 is 0. The zero-order valence-electron chi connectivity index (χ0n) is 15.9. The van der Waals surface area contributed by atoms with E-state index in [4.69, 9.17) is 0 Å². The topological polar surface area (TPSA) is 0 Å². The summed E-state index contributed by atoms with van der Waals surface area (Å²) in [5, 5.41) is 0. The van der Waals surface area contributed by atoms with E-state index in [-0.39, 0.29) is 23.1 Å². The fraction of sp³-hybridized carbons (Fsp3) is 0.682. The molecule has 0 saturated carbocycles. The normalized spacial score (nSPS) is 9.70. The molecular formula is C22H38Mg. The molecule has 1 aromatic rings. The molecular weight excluding hydrogens is 289 g/mol. The monoisotopic (exact) mass is 326 g/mol. The van der Waals surface area contributed by atoms with E-state index < -0.39 is 0 Å². The fourth-order valence-electron chi connectivity index (χ4n) is 2.46. The predicted molar refractivity (Wildman–Crippen MR) is 107 cm³/mol. The molecule has 0 radical (unpaired) electrons. The molecule has 0 bridgehead atoms. The van der Waals surface area contributed by atoms with E-state index in [0.717, 1.165) is 6.42 Å². The Morgan fingerprint density at radius 2 is 1.35 bits per heavy atom. The van der Waals surface area contributed by atoms with Gasteiger partial charge < -0.3 is 6.92 Å². The standard InChI is InChI=1S/C14H21.C8H17.Mg/c1-2-3-4-5-6-8-11-14-12-9-7-10-13-14;1-3-5-7-8-6-4-2;/h7,9-10,12H,2-6,8,11H2,1H3;1,3-8H2,2H3;/q2*-1;+2. The first-order chi connectivity index (χ1) is 10.8. The molecule has 128 valence electrons. The summed E-state index contributed by atoms with van der Waals surface area (Å²) in [4.78, 5) is 0. The van der Waals surface area contributed by atoms with Crippen molar-refractivity contribution in [2.45, 2.75) is 97.3 Å².